The lowest BCUT2D eigenvalue weighted by atomic mass is 10.1. The summed E-state index contributed by atoms with van der Waals surface area (Å²) in [7, 11) is -7.68. The van der Waals surface area contributed by atoms with Gasteiger partial charge in [0, 0.05) is 25.1 Å². The van der Waals surface area contributed by atoms with E-state index in [4.69, 9.17) is 11.3 Å². The van der Waals surface area contributed by atoms with Crippen LogP contribution in [0.3, 0.4) is 0 Å². The molecule has 0 radical (unpaired) electrons. The molecule has 2 heterocycles. The van der Waals surface area contributed by atoms with Gasteiger partial charge in [-0.05, 0) is 29.9 Å². The van der Waals surface area contributed by atoms with Crippen LogP contribution in [0.4, 0.5) is 28.9 Å². The molecule has 240 valence electrons. The highest BCUT2D eigenvalue weighted by atomic mass is 32.2. The maximum atomic E-state index is 14.8. The number of carbonyl (C=O) groups is 1. The number of sulfone groups is 1. The topological polar surface area (TPSA) is 135 Å². The number of nitrogens with one attached hydrogen (secondary N) is 3. The van der Waals surface area contributed by atoms with Gasteiger partial charge in [-0.1, -0.05) is 24.0 Å². The van der Waals surface area contributed by atoms with Crippen LogP contribution in [0.5, 0.6) is 5.75 Å². The largest absolute Gasteiger partial charge is 0.424 e. The molecule has 3 aromatic rings. The second kappa shape index (κ2) is 13.5. The normalized spacial score (nSPS) is 15.0. The summed E-state index contributed by atoms with van der Waals surface area (Å²) in [5.41, 5.74) is 0.465. The molecule has 3 N–H and O–H groups in total. The molecular formula is C28H26F4N4O6S3. The van der Waals surface area contributed by atoms with Gasteiger partial charge in [0.05, 0.1) is 45.4 Å². The minimum atomic E-state index is -4.58. The highest BCUT2D eigenvalue weighted by molar-refractivity contribution is 7.91. The van der Waals surface area contributed by atoms with Gasteiger partial charge in [0.25, 0.3) is 10.0 Å². The molecule has 0 aliphatic carbocycles. The predicted octanol–water partition coefficient (Wildman–Crippen LogP) is 4.68. The number of thiophene rings is 1. The fraction of sp³-hybridized carbons (Fsp3) is 0.357. The average Bonchev–Trinajstić information content (AvgIpc) is 3.27. The fourth-order valence-corrected chi connectivity index (χ4v) is 8.35. The molecule has 1 aromatic heterocycles. The van der Waals surface area contributed by atoms with E-state index in [1.54, 1.807) is 22.9 Å². The van der Waals surface area contributed by atoms with Gasteiger partial charge in [-0.3, -0.25) is 9.64 Å². The quantitative estimate of drug-likeness (QED) is 0.168. The number of alkyl halides is 3. The molecule has 0 unspecified atom stereocenters. The Hall–Kier alpha value is -4.06. The van der Waals surface area contributed by atoms with Gasteiger partial charge in [0.1, 0.15) is 20.5 Å². The maximum Gasteiger partial charge on any atom is 0.393 e. The molecule has 0 bridgehead atoms. The van der Waals surface area contributed by atoms with E-state index in [0.717, 1.165) is 30.4 Å². The molecular weight excluding hydrogens is 661 g/mol. The molecule has 1 aliphatic heterocycles. The van der Waals surface area contributed by atoms with Crippen molar-refractivity contribution in [1.29, 1.82) is 0 Å². The van der Waals surface area contributed by atoms with E-state index < -0.39 is 55.8 Å². The molecule has 1 aliphatic rings. The molecule has 0 atom stereocenters. The number of hydrogen-bond acceptors (Lipinski definition) is 9. The van der Waals surface area contributed by atoms with Crippen molar-refractivity contribution < 1.29 is 43.9 Å². The minimum Gasteiger partial charge on any atom is -0.424 e. The number of halogens is 4. The van der Waals surface area contributed by atoms with E-state index in [9.17, 15) is 39.2 Å². The Morgan fingerprint density at radius 2 is 1.91 bits per heavy atom. The van der Waals surface area contributed by atoms with Crippen LogP contribution in [0.1, 0.15) is 30.2 Å². The lowest BCUT2D eigenvalue weighted by molar-refractivity contribution is -0.127. The van der Waals surface area contributed by atoms with Gasteiger partial charge < -0.3 is 15.4 Å². The van der Waals surface area contributed by atoms with E-state index in [1.165, 1.54) is 0 Å². The molecule has 0 spiro atoms. The number of sulfonamides is 1. The van der Waals surface area contributed by atoms with Crippen LogP contribution in [0.25, 0.3) is 14.9 Å². The summed E-state index contributed by atoms with van der Waals surface area (Å²) >= 11 is 1.05. The van der Waals surface area contributed by atoms with Crippen molar-refractivity contribution in [2.45, 2.75) is 43.3 Å². The summed E-state index contributed by atoms with van der Waals surface area (Å²) in [5.74, 6) is 3.08. The van der Waals surface area contributed by atoms with Crippen molar-refractivity contribution in [2.75, 3.05) is 35.4 Å². The Morgan fingerprint density at radius 3 is 2.56 bits per heavy atom. The van der Waals surface area contributed by atoms with Gasteiger partial charge in [-0.25, -0.2) is 32.5 Å². The third kappa shape index (κ3) is 8.78. The van der Waals surface area contributed by atoms with E-state index >= 15 is 0 Å². The smallest absolute Gasteiger partial charge is 0.393 e. The van der Waals surface area contributed by atoms with Gasteiger partial charge in [-0.2, -0.15) is 13.2 Å². The predicted molar refractivity (Wildman–Crippen MR) is 162 cm³/mol. The number of ether oxygens (including phenoxy) is 1. The average molecular weight is 687 g/mol. The summed E-state index contributed by atoms with van der Waals surface area (Å²) in [4.78, 5) is 13.5. The number of fused-ring (bicyclic) bond motifs is 1. The van der Waals surface area contributed by atoms with Crippen molar-refractivity contribution in [1.82, 2.24) is 4.72 Å². The van der Waals surface area contributed by atoms with Crippen molar-refractivity contribution in [2.24, 2.45) is 0 Å². The molecule has 1 saturated heterocycles. The zero-order valence-electron chi connectivity index (χ0n) is 23.5. The summed E-state index contributed by atoms with van der Waals surface area (Å²) in [6.07, 6.45) is -5.02. The lowest BCUT2D eigenvalue weighted by Gasteiger charge is -2.24. The van der Waals surface area contributed by atoms with E-state index in [0.29, 0.717) is 28.6 Å². The third-order valence-electron chi connectivity index (χ3n) is 6.57. The summed E-state index contributed by atoms with van der Waals surface area (Å²) < 4.78 is 111. The van der Waals surface area contributed by atoms with Gasteiger partial charge >= 0.3 is 12.9 Å². The Morgan fingerprint density at radius 1 is 1.20 bits per heavy atom. The first-order chi connectivity index (χ1) is 21.1. The SMILES string of the molecule is [C-]#[N+]COc1cc(S(=O)(=O)NC(C)=O)c(F)cc1NCC#Cc1sc2c(NC3CCS(=O)(=O)CC3)cccc2c1CC(F)(F)F. The number of nitrogens with zero attached hydrogens (tertiary/aromatic N) is 1. The number of anilines is 2. The summed E-state index contributed by atoms with van der Waals surface area (Å²) in [5, 5.41) is 6.36. The van der Waals surface area contributed by atoms with Crippen LogP contribution in [-0.4, -0.2) is 59.7 Å². The lowest BCUT2D eigenvalue weighted by Crippen LogP contribution is -2.32. The van der Waals surface area contributed by atoms with Crippen LogP contribution in [0, 0.1) is 24.2 Å². The summed E-state index contributed by atoms with van der Waals surface area (Å²) in [6.45, 7) is 7.09. The van der Waals surface area contributed by atoms with Crippen LogP contribution >= 0.6 is 11.3 Å². The van der Waals surface area contributed by atoms with Gasteiger partial charge in [-0.15, -0.1) is 11.3 Å². The van der Waals surface area contributed by atoms with Crippen LogP contribution in [-0.2, 0) is 31.1 Å². The van der Waals surface area contributed by atoms with E-state index in [2.05, 4.69) is 27.3 Å². The number of benzene rings is 2. The zero-order valence-corrected chi connectivity index (χ0v) is 26.0. The molecule has 1 amide bonds. The highest BCUT2D eigenvalue weighted by Crippen LogP contribution is 2.39. The van der Waals surface area contributed by atoms with Crippen molar-refractivity contribution in [3.8, 4) is 17.6 Å². The molecule has 45 heavy (non-hydrogen) atoms. The monoisotopic (exact) mass is 686 g/mol. The first-order valence-electron chi connectivity index (χ1n) is 13.2. The number of rotatable bonds is 9. The second-order valence-electron chi connectivity index (χ2n) is 9.98. The number of hydrogen-bond donors (Lipinski definition) is 3. The standard InChI is InChI=1S/C28H26F4N4O6S3/c1-17(37)36-45(40,41)26-14-24(42-16-33-2)23(13-21(26)29)34-10-4-7-25-20(15-28(30,31)32)19-5-3-6-22(27(19)43-25)35-18-8-11-44(38,39)12-9-18/h3,5-6,13-14,18,34-35H,8-12,15-16H2,1H3,(H,36,37). The van der Waals surface area contributed by atoms with E-state index in [1.807, 2.05) is 0 Å². The molecule has 10 nitrogen and oxygen atoms in total. The van der Waals surface area contributed by atoms with Crippen LogP contribution in [0.15, 0.2) is 35.2 Å². The molecule has 1 fully saturated rings. The number of carbonyl (C=O) groups excluding carboxylic acids is 1. The highest BCUT2D eigenvalue weighted by Gasteiger charge is 2.32. The van der Waals surface area contributed by atoms with Crippen LogP contribution < -0.4 is 20.1 Å². The Bertz CT molecular complexity index is 1930. The minimum absolute atomic E-state index is 0.0236. The Balaban J connectivity index is 1.62. The Labute approximate surface area is 260 Å². The third-order valence-corrected chi connectivity index (χ3v) is 10.9. The van der Waals surface area contributed by atoms with Gasteiger partial charge in [0.2, 0.25) is 5.91 Å². The van der Waals surface area contributed by atoms with Crippen LogP contribution in [0.2, 0.25) is 0 Å². The van der Waals surface area contributed by atoms with Crippen molar-refractivity contribution in [3.05, 3.63) is 58.0 Å². The van der Waals surface area contributed by atoms with E-state index in [-0.39, 0.29) is 46.0 Å². The molecule has 2 aromatic carbocycles. The molecule has 4 rings (SSSR count). The Kier molecular flexibility index (Phi) is 10.2. The summed E-state index contributed by atoms with van der Waals surface area (Å²) in [6, 6.07) is 6.31. The fourth-order valence-electron chi connectivity index (χ4n) is 4.62. The second-order valence-corrected chi connectivity index (χ2v) is 15.0. The molecule has 17 heteroatoms. The van der Waals surface area contributed by atoms with Crippen molar-refractivity contribution in [3.63, 3.8) is 0 Å². The first-order valence-corrected chi connectivity index (χ1v) is 17.3. The number of amides is 1. The molecule has 0 saturated carbocycles. The maximum absolute atomic E-state index is 14.8. The van der Waals surface area contributed by atoms with Gasteiger partial charge in [0.15, 0.2) is 5.75 Å². The first kappa shape index (κ1) is 33.8. The zero-order chi connectivity index (χ0) is 33.0. The van der Waals surface area contributed by atoms with Crippen molar-refractivity contribution >= 4 is 58.6 Å².